The second-order valence-corrected chi connectivity index (χ2v) is 5.75. The van der Waals surface area contributed by atoms with Crippen LogP contribution in [0.25, 0.3) is 0 Å². The number of hydrogen-bond acceptors (Lipinski definition) is 4. The maximum absolute atomic E-state index is 10.4. The molecule has 7 heteroatoms. The summed E-state index contributed by atoms with van der Waals surface area (Å²) in [5.74, 6) is 0. The Bertz CT molecular complexity index is 212. The zero-order valence-electron chi connectivity index (χ0n) is 12.4. The Labute approximate surface area is 117 Å². The molecule has 0 atom stereocenters. The smallest absolute Gasteiger partial charge is 0.344 e. The Morgan fingerprint density at radius 2 is 1.16 bits per heavy atom. The highest BCUT2D eigenvalue weighted by Gasteiger charge is 2.12. The largest absolute Gasteiger partial charge is 0.469 e. The van der Waals surface area contributed by atoms with Gasteiger partial charge in [0.1, 0.15) is 0 Å². The lowest BCUT2D eigenvalue weighted by Gasteiger charge is -2.05. The highest BCUT2D eigenvalue weighted by molar-refractivity contribution is 7.46. The van der Waals surface area contributed by atoms with Gasteiger partial charge in [0, 0.05) is 0 Å². The van der Waals surface area contributed by atoms with Gasteiger partial charge in [-0.05, 0) is 6.42 Å². The standard InChI is InChI=1S/C12H27O4P.2H3N/c1-2-3-4-5-6-7-8-9-10-11-12-16-17(13,14)15;;/h2-12H2,1H3,(H2,13,14,15);2*1H3. The maximum atomic E-state index is 10.4. The summed E-state index contributed by atoms with van der Waals surface area (Å²) in [7, 11) is -4.24. The van der Waals surface area contributed by atoms with Crippen LogP contribution in [-0.4, -0.2) is 16.4 Å². The molecule has 0 unspecified atom stereocenters. The summed E-state index contributed by atoms with van der Waals surface area (Å²) in [5.41, 5.74) is 0. The molecule has 0 rings (SSSR count). The SMILES string of the molecule is CCCCCCCCCCCCOP(=O)(O)O.N.N. The first-order valence-corrected chi connectivity index (χ1v) is 8.29. The van der Waals surface area contributed by atoms with Crippen molar-refractivity contribution in [2.24, 2.45) is 0 Å². The Kier molecular flexibility index (Phi) is 20.4. The third-order valence-corrected chi connectivity index (χ3v) is 3.28. The number of unbranched alkanes of at least 4 members (excludes halogenated alkanes) is 9. The molecule has 0 aromatic rings. The van der Waals surface area contributed by atoms with Gasteiger partial charge in [-0.2, -0.15) is 0 Å². The average Bonchev–Trinajstić information content (AvgIpc) is 2.24. The fraction of sp³-hybridized carbons (Fsp3) is 1.00. The highest BCUT2D eigenvalue weighted by Crippen LogP contribution is 2.35. The molecule has 0 radical (unpaired) electrons. The zero-order chi connectivity index (χ0) is 13.0. The predicted octanol–water partition coefficient (Wildman–Crippen LogP) is 4.34. The minimum absolute atomic E-state index is 0. The Morgan fingerprint density at radius 1 is 0.789 bits per heavy atom. The van der Waals surface area contributed by atoms with Crippen molar-refractivity contribution in [1.29, 1.82) is 0 Å². The van der Waals surface area contributed by atoms with Crippen LogP contribution >= 0.6 is 7.82 Å². The predicted molar refractivity (Wildman–Crippen MR) is 79.9 cm³/mol. The van der Waals surface area contributed by atoms with Crippen molar-refractivity contribution in [2.45, 2.75) is 71.1 Å². The van der Waals surface area contributed by atoms with Gasteiger partial charge in [-0.25, -0.2) is 4.57 Å². The number of rotatable bonds is 12. The van der Waals surface area contributed by atoms with Crippen molar-refractivity contribution in [3.05, 3.63) is 0 Å². The number of hydrogen-bond donors (Lipinski definition) is 4. The van der Waals surface area contributed by atoms with Gasteiger partial charge >= 0.3 is 7.82 Å². The van der Waals surface area contributed by atoms with Crippen LogP contribution in [0.3, 0.4) is 0 Å². The Balaban J connectivity index is -0.00000128. The van der Waals surface area contributed by atoms with Gasteiger partial charge in [-0.15, -0.1) is 0 Å². The fourth-order valence-electron chi connectivity index (χ4n) is 1.77. The molecule has 0 aliphatic heterocycles. The Hall–Kier alpha value is 0.0300. The normalized spacial score (nSPS) is 10.7. The van der Waals surface area contributed by atoms with Gasteiger partial charge in [0.25, 0.3) is 0 Å². The van der Waals surface area contributed by atoms with Gasteiger partial charge in [0.2, 0.25) is 0 Å². The lowest BCUT2D eigenvalue weighted by Crippen LogP contribution is -1.92. The molecule has 0 heterocycles. The molecule has 0 saturated heterocycles. The van der Waals surface area contributed by atoms with E-state index in [4.69, 9.17) is 9.79 Å². The summed E-state index contributed by atoms with van der Waals surface area (Å²) in [5, 5.41) is 0. The van der Waals surface area contributed by atoms with E-state index in [-0.39, 0.29) is 18.9 Å². The monoisotopic (exact) mass is 300 g/mol. The van der Waals surface area contributed by atoms with E-state index < -0.39 is 7.82 Å². The number of phosphoric acid groups is 1. The third kappa shape index (κ3) is 23.5. The quantitative estimate of drug-likeness (QED) is 0.312. The van der Waals surface area contributed by atoms with Gasteiger partial charge < -0.3 is 22.1 Å². The van der Waals surface area contributed by atoms with E-state index in [1.807, 2.05) is 0 Å². The average molecular weight is 300 g/mol. The van der Waals surface area contributed by atoms with Crippen LogP contribution in [-0.2, 0) is 9.09 Å². The van der Waals surface area contributed by atoms with Crippen molar-refractivity contribution >= 4 is 7.82 Å². The van der Waals surface area contributed by atoms with E-state index >= 15 is 0 Å². The summed E-state index contributed by atoms with van der Waals surface area (Å²) in [4.78, 5) is 16.9. The molecule has 0 bridgehead atoms. The van der Waals surface area contributed by atoms with E-state index in [1.165, 1.54) is 44.9 Å². The van der Waals surface area contributed by atoms with E-state index in [0.29, 0.717) is 0 Å². The third-order valence-electron chi connectivity index (χ3n) is 2.76. The first-order valence-electron chi connectivity index (χ1n) is 6.76. The second kappa shape index (κ2) is 16.1. The maximum Gasteiger partial charge on any atom is 0.469 e. The Morgan fingerprint density at radius 3 is 1.53 bits per heavy atom. The lowest BCUT2D eigenvalue weighted by molar-refractivity contribution is 0.193. The van der Waals surface area contributed by atoms with Crippen LogP contribution in [0.1, 0.15) is 71.1 Å². The molecule has 120 valence electrons. The molecule has 0 aliphatic carbocycles. The lowest BCUT2D eigenvalue weighted by atomic mass is 10.1. The summed E-state index contributed by atoms with van der Waals surface area (Å²) < 4.78 is 14.7. The number of phosphoric ester groups is 1. The van der Waals surface area contributed by atoms with Crippen LogP contribution in [0.5, 0.6) is 0 Å². The summed E-state index contributed by atoms with van der Waals surface area (Å²) in [6.07, 6.45) is 12.0. The minimum Gasteiger partial charge on any atom is -0.344 e. The first-order chi connectivity index (χ1) is 8.06. The molecular formula is C12H33N2O4P. The van der Waals surface area contributed by atoms with Crippen molar-refractivity contribution in [2.75, 3.05) is 6.61 Å². The first kappa shape index (κ1) is 24.1. The van der Waals surface area contributed by atoms with Crippen molar-refractivity contribution in [1.82, 2.24) is 12.3 Å². The molecule has 0 amide bonds. The van der Waals surface area contributed by atoms with Gasteiger partial charge in [-0.3, -0.25) is 4.52 Å². The van der Waals surface area contributed by atoms with E-state index in [1.54, 1.807) is 0 Å². The van der Waals surface area contributed by atoms with Crippen LogP contribution in [0.4, 0.5) is 0 Å². The highest BCUT2D eigenvalue weighted by atomic mass is 31.2. The van der Waals surface area contributed by atoms with Crippen LogP contribution < -0.4 is 12.3 Å². The molecule has 0 saturated carbocycles. The van der Waals surface area contributed by atoms with Crippen LogP contribution in [0.15, 0.2) is 0 Å². The van der Waals surface area contributed by atoms with E-state index in [2.05, 4.69) is 11.4 Å². The van der Waals surface area contributed by atoms with Crippen LogP contribution in [0.2, 0.25) is 0 Å². The molecule has 0 aromatic carbocycles. The van der Waals surface area contributed by atoms with Gasteiger partial charge in [0.05, 0.1) is 6.61 Å². The summed E-state index contributed by atoms with van der Waals surface area (Å²) in [6, 6.07) is 0. The van der Waals surface area contributed by atoms with E-state index in [0.717, 1.165) is 19.3 Å². The zero-order valence-corrected chi connectivity index (χ0v) is 13.2. The summed E-state index contributed by atoms with van der Waals surface area (Å²) in [6.45, 7) is 2.39. The second-order valence-electron chi connectivity index (χ2n) is 4.51. The molecule has 6 nitrogen and oxygen atoms in total. The van der Waals surface area contributed by atoms with Gasteiger partial charge in [-0.1, -0.05) is 64.7 Å². The molecule has 0 aliphatic rings. The molecule has 0 aromatic heterocycles. The van der Waals surface area contributed by atoms with Crippen molar-refractivity contribution in [3.63, 3.8) is 0 Å². The molecule has 19 heavy (non-hydrogen) atoms. The molecule has 8 N–H and O–H groups in total. The minimum atomic E-state index is -4.24. The van der Waals surface area contributed by atoms with Crippen molar-refractivity contribution < 1.29 is 18.9 Å². The molecule has 0 fully saturated rings. The molecule has 0 spiro atoms. The van der Waals surface area contributed by atoms with Crippen LogP contribution in [0, 0.1) is 0 Å². The van der Waals surface area contributed by atoms with E-state index in [9.17, 15) is 4.57 Å². The van der Waals surface area contributed by atoms with Gasteiger partial charge in [0.15, 0.2) is 0 Å². The fourth-order valence-corrected chi connectivity index (χ4v) is 2.14. The molecular weight excluding hydrogens is 267 g/mol. The van der Waals surface area contributed by atoms with Crippen molar-refractivity contribution in [3.8, 4) is 0 Å². The topological polar surface area (TPSA) is 137 Å². The summed E-state index contributed by atoms with van der Waals surface area (Å²) >= 11 is 0.